The predicted molar refractivity (Wildman–Crippen MR) is 66.6 cm³/mol. The van der Waals surface area contributed by atoms with Gasteiger partial charge in [0.1, 0.15) is 19.0 Å². The van der Waals surface area contributed by atoms with Gasteiger partial charge in [0.05, 0.1) is 18.2 Å². The summed E-state index contributed by atoms with van der Waals surface area (Å²) in [5.74, 6) is -0.638. The zero-order chi connectivity index (χ0) is 13.6. The molecule has 0 aromatic carbocycles. The van der Waals surface area contributed by atoms with Gasteiger partial charge in [0.25, 0.3) is 0 Å². The number of piperidine rings is 1. The van der Waals surface area contributed by atoms with Crippen molar-refractivity contribution in [3.05, 3.63) is 0 Å². The van der Waals surface area contributed by atoms with Gasteiger partial charge in [-0.1, -0.05) is 0 Å². The van der Waals surface area contributed by atoms with E-state index in [1.165, 1.54) is 0 Å². The minimum atomic E-state index is -0.638. The minimum absolute atomic E-state index is 0.0810. The van der Waals surface area contributed by atoms with Gasteiger partial charge < -0.3 is 24.1 Å². The Kier molecular flexibility index (Phi) is 3.57. The van der Waals surface area contributed by atoms with Crippen molar-refractivity contribution in [2.75, 3.05) is 27.0 Å². The highest BCUT2D eigenvalue weighted by molar-refractivity contribution is 5.06. The van der Waals surface area contributed by atoms with E-state index < -0.39 is 11.9 Å². The number of nitrogens with zero attached hydrogens (tertiary/aromatic N) is 1. The summed E-state index contributed by atoms with van der Waals surface area (Å²) in [6.07, 6.45) is 0.126. The van der Waals surface area contributed by atoms with Crippen LogP contribution in [0.4, 0.5) is 0 Å². The van der Waals surface area contributed by atoms with Crippen molar-refractivity contribution in [1.29, 1.82) is 0 Å². The summed E-state index contributed by atoms with van der Waals surface area (Å²) in [4.78, 5) is 2.25. The van der Waals surface area contributed by atoms with Gasteiger partial charge in [-0.15, -0.1) is 0 Å². The van der Waals surface area contributed by atoms with Crippen LogP contribution in [0.3, 0.4) is 0 Å². The Morgan fingerprint density at radius 1 is 1.32 bits per heavy atom. The summed E-state index contributed by atoms with van der Waals surface area (Å²) < 4.78 is 22.6. The number of aliphatic hydroxyl groups excluding tert-OH is 1. The van der Waals surface area contributed by atoms with Crippen LogP contribution in [0.1, 0.15) is 20.3 Å². The highest BCUT2D eigenvalue weighted by Crippen LogP contribution is 2.40. The van der Waals surface area contributed by atoms with Gasteiger partial charge in [-0.2, -0.15) is 0 Å². The molecule has 6 nitrogen and oxygen atoms in total. The molecule has 0 spiro atoms. The van der Waals surface area contributed by atoms with Crippen molar-refractivity contribution in [3.8, 4) is 0 Å². The maximum Gasteiger partial charge on any atom is 0.163 e. The molecule has 3 aliphatic heterocycles. The normalized spacial score (nSPS) is 45.2. The van der Waals surface area contributed by atoms with E-state index in [4.69, 9.17) is 18.9 Å². The van der Waals surface area contributed by atoms with E-state index in [-0.39, 0.29) is 24.4 Å². The molecule has 0 amide bonds. The number of methoxy groups -OCH3 is 1. The zero-order valence-corrected chi connectivity index (χ0v) is 11.7. The van der Waals surface area contributed by atoms with Gasteiger partial charge in [-0.05, 0) is 20.3 Å². The summed E-state index contributed by atoms with van der Waals surface area (Å²) in [7, 11) is 1.62. The Bertz CT molecular complexity index is 337. The predicted octanol–water partition coefficient (Wildman–Crippen LogP) is -0.0556. The fourth-order valence-corrected chi connectivity index (χ4v) is 3.54. The topological polar surface area (TPSA) is 60.4 Å². The van der Waals surface area contributed by atoms with Crippen LogP contribution in [0, 0.1) is 0 Å². The van der Waals surface area contributed by atoms with Gasteiger partial charge in [0.15, 0.2) is 5.79 Å². The van der Waals surface area contributed by atoms with Crippen LogP contribution in [0.15, 0.2) is 0 Å². The fraction of sp³-hybridized carbons (Fsp3) is 1.00. The lowest BCUT2D eigenvalue weighted by Gasteiger charge is -2.41. The van der Waals surface area contributed by atoms with E-state index in [9.17, 15) is 5.11 Å². The molecule has 0 bridgehead atoms. The highest BCUT2D eigenvalue weighted by atomic mass is 16.8. The fourth-order valence-electron chi connectivity index (χ4n) is 3.54. The van der Waals surface area contributed by atoms with E-state index in [2.05, 4.69) is 4.90 Å². The van der Waals surface area contributed by atoms with Gasteiger partial charge in [0.2, 0.25) is 0 Å². The van der Waals surface area contributed by atoms with Crippen molar-refractivity contribution in [2.45, 2.75) is 56.5 Å². The molecule has 0 aliphatic carbocycles. The Hall–Kier alpha value is -0.240. The van der Waals surface area contributed by atoms with Crippen LogP contribution in [0.2, 0.25) is 0 Å². The van der Waals surface area contributed by atoms with Crippen LogP contribution in [-0.2, 0) is 18.9 Å². The molecule has 0 aromatic rings. The summed E-state index contributed by atoms with van der Waals surface area (Å²) in [6, 6.07) is 0.144. The number of aliphatic hydroxyl groups is 1. The standard InChI is InChI=1S/C13H23NO5/c1-13(2)18-11-8(15)6-14-5-4-9(17-7-16-3)10(14)12(11)19-13/h8-12,15H,4-7H2,1-3H3/t8-,9+,10+,11-,12-/m1/s1. The third-order valence-corrected chi connectivity index (χ3v) is 4.20. The number of ether oxygens (including phenoxy) is 4. The summed E-state index contributed by atoms with van der Waals surface area (Å²) in [5, 5.41) is 10.2. The Balaban J connectivity index is 1.77. The third-order valence-electron chi connectivity index (χ3n) is 4.20. The largest absolute Gasteiger partial charge is 0.389 e. The zero-order valence-electron chi connectivity index (χ0n) is 11.7. The molecule has 1 N–H and O–H groups in total. The van der Waals surface area contributed by atoms with E-state index in [0.717, 1.165) is 13.0 Å². The molecule has 0 radical (unpaired) electrons. The summed E-state index contributed by atoms with van der Waals surface area (Å²) in [5.41, 5.74) is 0. The smallest absolute Gasteiger partial charge is 0.163 e. The van der Waals surface area contributed by atoms with Gasteiger partial charge in [-0.3, -0.25) is 4.90 Å². The SMILES string of the molecule is COCO[C@H]1CCN2C[C@@H](O)[C@H]3OC(C)(C)O[C@@H]3[C@H]12. The molecule has 3 aliphatic rings. The van der Waals surface area contributed by atoms with Crippen molar-refractivity contribution in [2.24, 2.45) is 0 Å². The van der Waals surface area contributed by atoms with Crippen LogP contribution in [-0.4, -0.2) is 73.2 Å². The van der Waals surface area contributed by atoms with E-state index in [1.54, 1.807) is 7.11 Å². The molecule has 3 saturated heterocycles. The molecule has 3 fully saturated rings. The first-order valence-electron chi connectivity index (χ1n) is 6.90. The molecular weight excluding hydrogens is 250 g/mol. The first-order chi connectivity index (χ1) is 9.02. The Morgan fingerprint density at radius 2 is 2.05 bits per heavy atom. The van der Waals surface area contributed by atoms with Crippen LogP contribution < -0.4 is 0 Å². The van der Waals surface area contributed by atoms with Crippen molar-refractivity contribution >= 4 is 0 Å². The van der Waals surface area contributed by atoms with Gasteiger partial charge in [-0.25, -0.2) is 0 Å². The monoisotopic (exact) mass is 273 g/mol. The molecule has 6 heteroatoms. The molecular formula is C13H23NO5. The van der Waals surface area contributed by atoms with Crippen molar-refractivity contribution in [3.63, 3.8) is 0 Å². The Labute approximate surface area is 113 Å². The number of fused-ring (bicyclic) bond motifs is 3. The van der Waals surface area contributed by atoms with Crippen LogP contribution in [0.5, 0.6) is 0 Å². The average Bonchev–Trinajstić information content (AvgIpc) is 2.87. The van der Waals surface area contributed by atoms with E-state index >= 15 is 0 Å². The lowest BCUT2D eigenvalue weighted by molar-refractivity contribution is -0.156. The maximum atomic E-state index is 10.2. The lowest BCUT2D eigenvalue weighted by atomic mass is 9.93. The molecule has 19 heavy (non-hydrogen) atoms. The first kappa shape index (κ1) is 13.7. The second-order valence-corrected chi connectivity index (χ2v) is 6.02. The molecule has 3 rings (SSSR count). The maximum absolute atomic E-state index is 10.2. The summed E-state index contributed by atoms with van der Waals surface area (Å²) in [6.45, 7) is 5.62. The number of rotatable bonds is 3. The van der Waals surface area contributed by atoms with E-state index in [0.29, 0.717) is 13.3 Å². The lowest BCUT2D eigenvalue weighted by Crippen LogP contribution is -2.60. The number of hydrogen-bond acceptors (Lipinski definition) is 6. The summed E-state index contributed by atoms with van der Waals surface area (Å²) >= 11 is 0. The quantitative estimate of drug-likeness (QED) is 0.727. The number of hydrogen-bond donors (Lipinski definition) is 1. The second-order valence-electron chi connectivity index (χ2n) is 6.02. The molecule has 5 atom stereocenters. The highest BCUT2D eigenvalue weighted by Gasteiger charge is 2.57. The van der Waals surface area contributed by atoms with Crippen LogP contribution >= 0.6 is 0 Å². The van der Waals surface area contributed by atoms with Gasteiger partial charge >= 0.3 is 0 Å². The molecule has 0 saturated carbocycles. The Morgan fingerprint density at radius 3 is 2.79 bits per heavy atom. The second kappa shape index (κ2) is 4.95. The molecule has 3 heterocycles. The van der Waals surface area contributed by atoms with Crippen LogP contribution in [0.25, 0.3) is 0 Å². The molecule has 0 aromatic heterocycles. The molecule has 0 unspecified atom stereocenters. The average molecular weight is 273 g/mol. The minimum Gasteiger partial charge on any atom is -0.389 e. The van der Waals surface area contributed by atoms with E-state index in [1.807, 2.05) is 13.8 Å². The van der Waals surface area contributed by atoms with Crippen molar-refractivity contribution in [1.82, 2.24) is 4.90 Å². The molecule has 110 valence electrons. The first-order valence-corrected chi connectivity index (χ1v) is 6.90. The third kappa shape index (κ3) is 2.41. The van der Waals surface area contributed by atoms with Gasteiger partial charge in [0, 0.05) is 20.2 Å². The van der Waals surface area contributed by atoms with Crippen molar-refractivity contribution < 1.29 is 24.1 Å².